The van der Waals surface area contributed by atoms with Crippen LogP contribution in [0.25, 0.3) is 10.2 Å². The number of thiazole rings is 1. The number of para-hydroxylation sites is 1. The monoisotopic (exact) mass is 423 g/mol. The van der Waals surface area contributed by atoms with Crippen molar-refractivity contribution in [1.82, 2.24) is 15.8 Å². The van der Waals surface area contributed by atoms with Gasteiger partial charge in [0.15, 0.2) is 6.61 Å². The first-order valence-electron chi connectivity index (χ1n) is 8.01. The topological polar surface area (TPSA) is 80.3 Å². The summed E-state index contributed by atoms with van der Waals surface area (Å²) in [6.07, 6.45) is 0.710. The zero-order valence-corrected chi connectivity index (χ0v) is 16.3. The average Bonchev–Trinajstić information content (AvgIpc) is 3.07. The number of amides is 2. The lowest BCUT2D eigenvalue weighted by Crippen LogP contribution is -2.43. The standard InChI is InChI=1S/C18H15Cl2N3O3S/c19-11-5-6-14(12(20)9-11)26-10-17(25)23-22-16(24)7-8-18-21-13-3-1-2-4-15(13)27-18/h1-6,9H,7-8,10H2,(H,22,24)(H,23,25). The molecule has 9 heteroatoms. The van der Waals surface area contributed by atoms with Crippen molar-refractivity contribution < 1.29 is 14.3 Å². The van der Waals surface area contributed by atoms with Gasteiger partial charge in [-0.3, -0.25) is 20.4 Å². The molecule has 0 bridgehead atoms. The number of carbonyl (C=O) groups is 2. The van der Waals surface area contributed by atoms with Gasteiger partial charge in [-0.1, -0.05) is 35.3 Å². The van der Waals surface area contributed by atoms with Gasteiger partial charge in [0.05, 0.1) is 20.2 Å². The van der Waals surface area contributed by atoms with Crippen LogP contribution >= 0.6 is 34.5 Å². The number of ether oxygens (including phenoxy) is 1. The third-order valence-electron chi connectivity index (χ3n) is 3.50. The molecule has 0 saturated heterocycles. The van der Waals surface area contributed by atoms with E-state index < -0.39 is 5.91 Å². The summed E-state index contributed by atoms with van der Waals surface area (Å²) in [7, 11) is 0. The number of hydrogen-bond acceptors (Lipinski definition) is 5. The van der Waals surface area contributed by atoms with Crippen LogP contribution < -0.4 is 15.6 Å². The maximum atomic E-state index is 11.9. The first-order chi connectivity index (χ1) is 13.0. The third-order valence-corrected chi connectivity index (χ3v) is 5.12. The predicted octanol–water partition coefficient (Wildman–Crippen LogP) is 3.76. The second kappa shape index (κ2) is 9.03. The van der Waals surface area contributed by atoms with E-state index in [2.05, 4.69) is 15.8 Å². The van der Waals surface area contributed by atoms with Crippen LogP contribution in [0.3, 0.4) is 0 Å². The molecule has 1 aromatic heterocycles. The first kappa shape index (κ1) is 19.4. The van der Waals surface area contributed by atoms with Crippen LogP contribution in [0.5, 0.6) is 5.75 Å². The van der Waals surface area contributed by atoms with Crippen molar-refractivity contribution in [2.24, 2.45) is 0 Å². The highest BCUT2D eigenvalue weighted by atomic mass is 35.5. The van der Waals surface area contributed by atoms with Gasteiger partial charge >= 0.3 is 0 Å². The Hall–Kier alpha value is -2.35. The molecular weight excluding hydrogens is 409 g/mol. The molecule has 0 atom stereocenters. The highest BCUT2D eigenvalue weighted by Crippen LogP contribution is 2.27. The van der Waals surface area contributed by atoms with E-state index in [4.69, 9.17) is 27.9 Å². The van der Waals surface area contributed by atoms with Crippen LogP contribution in [-0.4, -0.2) is 23.4 Å². The predicted molar refractivity (Wildman–Crippen MR) is 106 cm³/mol. The van der Waals surface area contributed by atoms with Crippen LogP contribution in [0.4, 0.5) is 0 Å². The minimum atomic E-state index is -0.505. The summed E-state index contributed by atoms with van der Waals surface area (Å²) in [5.74, 6) is -0.486. The molecule has 3 rings (SSSR count). The number of fused-ring (bicyclic) bond motifs is 1. The van der Waals surface area contributed by atoms with Crippen molar-refractivity contribution in [1.29, 1.82) is 0 Å². The minimum Gasteiger partial charge on any atom is -0.482 e. The van der Waals surface area contributed by atoms with Gasteiger partial charge in [0, 0.05) is 17.9 Å². The Morgan fingerprint density at radius 2 is 1.85 bits per heavy atom. The Morgan fingerprint density at radius 3 is 2.63 bits per heavy atom. The Balaban J connectivity index is 1.39. The number of halogens is 2. The molecule has 0 aliphatic rings. The fraction of sp³-hybridized carbons (Fsp3) is 0.167. The van der Waals surface area contributed by atoms with E-state index in [-0.39, 0.29) is 18.9 Å². The summed E-state index contributed by atoms with van der Waals surface area (Å²) in [4.78, 5) is 28.1. The number of hydrogen-bond donors (Lipinski definition) is 2. The summed E-state index contributed by atoms with van der Waals surface area (Å²) >= 11 is 13.3. The SMILES string of the molecule is O=C(CCc1nc2ccccc2s1)NNC(=O)COc1ccc(Cl)cc1Cl. The molecular formula is C18H15Cl2N3O3S. The quantitative estimate of drug-likeness (QED) is 0.591. The Morgan fingerprint density at radius 1 is 1.07 bits per heavy atom. The number of nitrogens with zero attached hydrogens (tertiary/aromatic N) is 1. The molecule has 6 nitrogen and oxygen atoms in total. The lowest BCUT2D eigenvalue weighted by molar-refractivity contribution is -0.130. The van der Waals surface area contributed by atoms with Crippen LogP contribution in [0.2, 0.25) is 10.0 Å². The van der Waals surface area contributed by atoms with E-state index in [0.29, 0.717) is 22.2 Å². The molecule has 0 aliphatic carbocycles. The van der Waals surface area contributed by atoms with Crippen molar-refractivity contribution in [2.75, 3.05) is 6.61 Å². The molecule has 0 unspecified atom stereocenters. The number of nitrogens with one attached hydrogen (secondary N) is 2. The highest BCUT2D eigenvalue weighted by molar-refractivity contribution is 7.18. The number of hydrazine groups is 1. The Kier molecular flexibility index (Phi) is 6.49. The molecule has 2 N–H and O–H groups in total. The van der Waals surface area contributed by atoms with Crippen molar-refractivity contribution in [3.63, 3.8) is 0 Å². The molecule has 0 radical (unpaired) electrons. The largest absolute Gasteiger partial charge is 0.482 e. The third kappa shape index (κ3) is 5.56. The zero-order chi connectivity index (χ0) is 19.2. The molecule has 27 heavy (non-hydrogen) atoms. The fourth-order valence-electron chi connectivity index (χ4n) is 2.22. The first-order valence-corrected chi connectivity index (χ1v) is 9.58. The number of carbonyl (C=O) groups excluding carboxylic acids is 2. The van der Waals surface area contributed by atoms with E-state index in [9.17, 15) is 9.59 Å². The summed E-state index contributed by atoms with van der Waals surface area (Å²) < 4.78 is 6.37. The molecule has 0 spiro atoms. The van der Waals surface area contributed by atoms with Crippen molar-refractivity contribution in [2.45, 2.75) is 12.8 Å². The van der Waals surface area contributed by atoms with Gasteiger partial charge in [-0.15, -0.1) is 11.3 Å². The van der Waals surface area contributed by atoms with Gasteiger partial charge < -0.3 is 4.74 Å². The van der Waals surface area contributed by atoms with E-state index in [1.807, 2.05) is 24.3 Å². The number of aryl methyl sites for hydroxylation is 1. The Bertz CT molecular complexity index is 944. The van der Waals surface area contributed by atoms with Gasteiger partial charge in [-0.25, -0.2) is 4.98 Å². The van der Waals surface area contributed by atoms with Crippen LogP contribution in [0.15, 0.2) is 42.5 Å². The number of aromatic nitrogens is 1. The lowest BCUT2D eigenvalue weighted by atomic mass is 10.3. The van der Waals surface area contributed by atoms with E-state index in [0.717, 1.165) is 15.2 Å². The van der Waals surface area contributed by atoms with Crippen molar-refractivity contribution in [3.8, 4) is 5.75 Å². The Labute approximate surface area is 169 Å². The second-order valence-corrected chi connectivity index (χ2v) is 7.49. The minimum absolute atomic E-state index is 0.212. The summed E-state index contributed by atoms with van der Waals surface area (Å²) in [5.41, 5.74) is 5.57. The van der Waals surface area contributed by atoms with E-state index in [1.165, 1.54) is 6.07 Å². The molecule has 3 aromatic rings. The van der Waals surface area contributed by atoms with E-state index >= 15 is 0 Å². The summed E-state index contributed by atoms with van der Waals surface area (Å²) in [5, 5.41) is 1.64. The molecule has 0 aliphatic heterocycles. The van der Waals surface area contributed by atoms with Crippen molar-refractivity contribution >= 4 is 56.6 Å². The van der Waals surface area contributed by atoms with Gasteiger partial charge in [0.1, 0.15) is 5.75 Å². The van der Waals surface area contributed by atoms with Gasteiger partial charge in [-0.2, -0.15) is 0 Å². The van der Waals surface area contributed by atoms with Gasteiger partial charge in [0.2, 0.25) is 5.91 Å². The summed E-state index contributed by atoms with van der Waals surface area (Å²) in [6.45, 7) is -0.292. The van der Waals surface area contributed by atoms with Crippen LogP contribution in [0.1, 0.15) is 11.4 Å². The second-order valence-electron chi connectivity index (χ2n) is 5.54. The maximum absolute atomic E-state index is 11.9. The fourth-order valence-corrected chi connectivity index (χ4v) is 3.65. The normalized spacial score (nSPS) is 10.6. The van der Waals surface area contributed by atoms with Crippen molar-refractivity contribution in [3.05, 3.63) is 57.5 Å². The smallest absolute Gasteiger partial charge is 0.276 e. The van der Waals surface area contributed by atoms with Crippen LogP contribution in [0, 0.1) is 0 Å². The molecule has 0 saturated carbocycles. The van der Waals surface area contributed by atoms with Crippen LogP contribution in [-0.2, 0) is 16.0 Å². The van der Waals surface area contributed by atoms with E-state index in [1.54, 1.807) is 23.5 Å². The molecule has 1 heterocycles. The summed E-state index contributed by atoms with van der Waals surface area (Å²) in [6, 6.07) is 12.5. The number of benzene rings is 2. The highest BCUT2D eigenvalue weighted by Gasteiger charge is 2.10. The molecule has 140 valence electrons. The lowest BCUT2D eigenvalue weighted by Gasteiger charge is -2.09. The van der Waals surface area contributed by atoms with Gasteiger partial charge in [-0.05, 0) is 30.3 Å². The molecule has 0 fully saturated rings. The average molecular weight is 424 g/mol. The molecule has 2 amide bonds. The van der Waals surface area contributed by atoms with Gasteiger partial charge in [0.25, 0.3) is 5.91 Å². The molecule has 2 aromatic carbocycles. The number of rotatable bonds is 6. The zero-order valence-electron chi connectivity index (χ0n) is 14.0. The maximum Gasteiger partial charge on any atom is 0.276 e.